The molecule has 0 aromatic heterocycles. The van der Waals surface area contributed by atoms with Crippen LogP contribution in [0.2, 0.25) is 0 Å². The van der Waals surface area contributed by atoms with E-state index in [0.717, 1.165) is 0 Å². The average molecular weight is 389 g/mol. The molecule has 1 aliphatic heterocycles. The number of carbonyl (C=O) groups is 2. The van der Waals surface area contributed by atoms with Crippen LogP contribution in [-0.4, -0.2) is 51.8 Å². The molecule has 0 spiro atoms. The van der Waals surface area contributed by atoms with Gasteiger partial charge in [-0.15, -0.1) is 0 Å². The topological polar surface area (TPSA) is 74.3 Å². The van der Waals surface area contributed by atoms with Crippen molar-refractivity contribution in [2.24, 2.45) is 0 Å². The number of hydrogen-bond acceptors (Lipinski definition) is 7. The Kier molecular flexibility index (Phi) is 6.72. The fraction of sp³-hybridized carbons (Fsp3) is 0.429. The maximum atomic E-state index is 12.7. The lowest BCUT2D eigenvalue weighted by atomic mass is 9.79. The molecule has 0 radical (unpaired) electrons. The Hall–Kier alpha value is -2.96. The van der Waals surface area contributed by atoms with E-state index in [0.29, 0.717) is 46.2 Å². The van der Waals surface area contributed by atoms with Crippen LogP contribution in [0.1, 0.15) is 32.3 Å². The van der Waals surface area contributed by atoms with Gasteiger partial charge in [0, 0.05) is 18.4 Å². The Labute approximate surface area is 165 Å². The SMILES string of the molecule is CCOc1ccc(C2C(C(=O)OC)=C(C)N(C)C(C)=C2C(=O)OC)cc1OC. The number of rotatable bonds is 6. The van der Waals surface area contributed by atoms with Gasteiger partial charge in [0.2, 0.25) is 0 Å². The van der Waals surface area contributed by atoms with E-state index in [9.17, 15) is 9.59 Å². The Morgan fingerprint density at radius 3 is 1.93 bits per heavy atom. The second-order valence-electron chi connectivity index (χ2n) is 6.32. The molecule has 1 aromatic rings. The third-order valence-corrected chi connectivity index (χ3v) is 4.99. The summed E-state index contributed by atoms with van der Waals surface area (Å²) in [6.07, 6.45) is 0. The Balaban J connectivity index is 2.76. The van der Waals surface area contributed by atoms with Crippen LogP contribution >= 0.6 is 0 Å². The zero-order chi connectivity index (χ0) is 21.0. The second-order valence-corrected chi connectivity index (χ2v) is 6.32. The summed E-state index contributed by atoms with van der Waals surface area (Å²) in [5.74, 6) is -0.558. The van der Waals surface area contributed by atoms with E-state index in [1.54, 1.807) is 31.2 Å². The molecular weight excluding hydrogens is 362 g/mol. The van der Waals surface area contributed by atoms with Crippen molar-refractivity contribution in [1.29, 1.82) is 0 Å². The molecule has 152 valence electrons. The predicted molar refractivity (Wildman–Crippen MR) is 104 cm³/mol. The third-order valence-electron chi connectivity index (χ3n) is 4.99. The minimum atomic E-state index is -0.652. The first kappa shape index (κ1) is 21.3. The van der Waals surface area contributed by atoms with Gasteiger partial charge in [-0.25, -0.2) is 9.59 Å². The van der Waals surface area contributed by atoms with Crippen LogP contribution in [0.25, 0.3) is 0 Å². The number of hydrogen-bond donors (Lipinski definition) is 0. The van der Waals surface area contributed by atoms with Crippen LogP contribution in [0, 0.1) is 0 Å². The van der Waals surface area contributed by atoms with Crippen molar-refractivity contribution in [2.75, 3.05) is 35.0 Å². The van der Waals surface area contributed by atoms with Crippen LogP contribution in [-0.2, 0) is 19.1 Å². The molecule has 1 aromatic carbocycles. The highest BCUT2D eigenvalue weighted by atomic mass is 16.5. The van der Waals surface area contributed by atoms with E-state index in [1.165, 1.54) is 14.2 Å². The molecule has 28 heavy (non-hydrogen) atoms. The monoisotopic (exact) mass is 389 g/mol. The number of allylic oxidation sites excluding steroid dienone is 2. The van der Waals surface area contributed by atoms with Crippen LogP contribution in [0.15, 0.2) is 40.7 Å². The number of carbonyl (C=O) groups excluding carboxylic acids is 2. The zero-order valence-electron chi connectivity index (χ0n) is 17.4. The van der Waals surface area contributed by atoms with E-state index in [-0.39, 0.29) is 0 Å². The van der Waals surface area contributed by atoms with Crippen LogP contribution < -0.4 is 9.47 Å². The van der Waals surface area contributed by atoms with Gasteiger partial charge in [0.1, 0.15) is 0 Å². The number of esters is 2. The van der Waals surface area contributed by atoms with Crippen molar-refractivity contribution >= 4 is 11.9 Å². The molecule has 0 fully saturated rings. The summed E-state index contributed by atoms with van der Waals surface area (Å²) in [4.78, 5) is 27.1. The lowest BCUT2D eigenvalue weighted by Crippen LogP contribution is -2.33. The Bertz CT molecular complexity index is 799. The van der Waals surface area contributed by atoms with Gasteiger partial charge in [-0.1, -0.05) is 6.07 Å². The standard InChI is InChI=1S/C21H27NO6/c1-8-28-15-10-9-14(11-16(15)25-5)19-17(20(23)26-6)12(2)22(4)13(3)18(19)21(24)27-7/h9-11,19H,8H2,1-7H3. The first-order chi connectivity index (χ1) is 13.3. The lowest BCUT2D eigenvalue weighted by Gasteiger charge is -2.35. The zero-order valence-corrected chi connectivity index (χ0v) is 17.4. The number of ether oxygens (including phenoxy) is 4. The summed E-state index contributed by atoms with van der Waals surface area (Å²) < 4.78 is 21.1. The fourth-order valence-electron chi connectivity index (χ4n) is 3.40. The van der Waals surface area contributed by atoms with Gasteiger partial charge < -0.3 is 23.8 Å². The first-order valence-electron chi connectivity index (χ1n) is 8.94. The van der Waals surface area contributed by atoms with Gasteiger partial charge in [0.25, 0.3) is 0 Å². The number of nitrogens with zero attached hydrogens (tertiary/aromatic N) is 1. The molecule has 1 heterocycles. The molecule has 0 bridgehead atoms. The summed E-state index contributed by atoms with van der Waals surface area (Å²) in [7, 11) is 5.98. The largest absolute Gasteiger partial charge is 0.493 e. The van der Waals surface area contributed by atoms with Crippen molar-refractivity contribution < 1.29 is 28.5 Å². The van der Waals surface area contributed by atoms with E-state index < -0.39 is 17.9 Å². The molecule has 1 aliphatic rings. The van der Waals surface area contributed by atoms with Crippen LogP contribution in [0.3, 0.4) is 0 Å². The van der Waals surface area contributed by atoms with E-state index in [2.05, 4.69) is 0 Å². The summed E-state index contributed by atoms with van der Waals surface area (Å²) in [5.41, 5.74) is 2.86. The van der Waals surface area contributed by atoms with Gasteiger partial charge >= 0.3 is 11.9 Å². The third kappa shape index (κ3) is 3.69. The van der Waals surface area contributed by atoms with Crippen molar-refractivity contribution in [1.82, 2.24) is 4.90 Å². The molecule has 7 heteroatoms. The molecule has 0 saturated heterocycles. The maximum absolute atomic E-state index is 12.7. The average Bonchev–Trinajstić information content (AvgIpc) is 2.71. The highest BCUT2D eigenvalue weighted by molar-refractivity contribution is 5.99. The van der Waals surface area contributed by atoms with Gasteiger partial charge in [-0.05, 0) is 38.5 Å². The predicted octanol–water partition coefficient (Wildman–Crippen LogP) is 3.02. The number of benzene rings is 1. The summed E-state index contributed by atoms with van der Waals surface area (Å²) in [6, 6.07) is 5.35. The maximum Gasteiger partial charge on any atom is 0.336 e. The van der Waals surface area contributed by atoms with E-state index >= 15 is 0 Å². The number of methoxy groups -OCH3 is 3. The molecular formula is C21H27NO6. The van der Waals surface area contributed by atoms with Crippen molar-refractivity contribution in [3.05, 3.63) is 46.3 Å². The first-order valence-corrected chi connectivity index (χ1v) is 8.94. The summed E-state index contributed by atoms with van der Waals surface area (Å²) >= 11 is 0. The molecule has 0 atom stereocenters. The van der Waals surface area contributed by atoms with Gasteiger partial charge in [0.05, 0.1) is 45.0 Å². The van der Waals surface area contributed by atoms with E-state index in [1.807, 2.05) is 26.8 Å². The minimum absolute atomic E-state index is 0.377. The van der Waals surface area contributed by atoms with Gasteiger partial charge in [-0.3, -0.25) is 0 Å². The summed E-state index contributed by atoms with van der Waals surface area (Å²) in [6.45, 7) is 6.02. The molecule has 2 rings (SSSR count). The normalized spacial score (nSPS) is 14.9. The van der Waals surface area contributed by atoms with Crippen LogP contribution in [0.4, 0.5) is 0 Å². The summed E-state index contributed by atoms with van der Waals surface area (Å²) in [5, 5.41) is 0. The van der Waals surface area contributed by atoms with Crippen molar-refractivity contribution in [3.8, 4) is 11.5 Å². The molecule has 7 nitrogen and oxygen atoms in total. The molecule has 0 unspecified atom stereocenters. The van der Waals surface area contributed by atoms with Gasteiger partial charge in [0.15, 0.2) is 11.5 Å². The molecule has 0 N–H and O–H groups in total. The van der Waals surface area contributed by atoms with Crippen molar-refractivity contribution in [2.45, 2.75) is 26.7 Å². The second kappa shape index (κ2) is 8.82. The molecule has 0 aliphatic carbocycles. The Morgan fingerprint density at radius 1 is 0.964 bits per heavy atom. The van der Waals surface area contributed by atoms with Crippen molar-refractivity contribution in [3.63, 3.8) is 0 Å². The lowest BCUT2D eigenvalue weighted by molar-refractivity contribution is -0.137. The molecule has 0 saturated carbocycles. The molecule has 0 amide bonds. The highest BCUT2D eigenvalue weighted by Gasteiger charge is 2.39. The Morgan fingerprint density at radius 2 is 1.50 bits per heavy atom. The quantitative estimate of drug-likeness (QED) is 0.692. The fourth-order valence-corrected chi connectivity index (χ4v) is 3.40. The smallest absolute Gasteiger partial charge is 0.336 e. The highest BCUT2D eigenvalue weighted by Crippen LogP contribution is 2.44. The van der Waals surface area contributed by atoms with E-state index in [4.69, 9.17) is 18.9 Å². The minimum Gasteiger partial charge on any atom is -0.493 e. The van der Waals surface area contributed by atoms with Gasteiger partial charge in [-0.2, -0.15) is 0 Å². The van der Waals surface area contributed by atoms with Crippen LogP contribution in [0.5, 0.6) is 11.5 Å².